The van der Waals surface area contributed by atoms with Crippen molar-refractivity contribution in [1.82, 2.24) is 4.90 Å². The smallest absolute Gasteiger partial charge is 0.337 e. The molecule has 130 valence electrons. The van der Waals surface area contributed by atoms with E-state index in [0.29, 0.717) is 25.9 Å². The highest BCUT2D eigenvalue weighted by molar-refractivity contribution is 5.89. The first-order valence-electron chi connectivity index (χ1n) is 11.1. The quantitative estimate of drug-likeness (QED) is 0.541. The number of unbranched alkanes of at least 4 members (excludes halogenated alkanes) is 2. The number of esters is 1. The lowest BCUT2D eigenvalue weighted by Gasteiger charge is -2.21. The Morgan fingerprint density at radius 3 is 2.26 bits per heavy atom. The van der Waals surface area contributed by atoms with E-state index < -0.39 is 25.4 Å². The average molecular weight is 327 g/mol. The minimum Gasteiger partial charge on any atom is -0.494 e. The Kier molecular flexibility index (Phi) is 6.18. The molecule has 0 aliphatic heterocycles. The first-order valence-corrected chi connectivity index (χ1v) is 8.07. The van der Waals surface area contributed by atoms with E-state index in [4.69, 9.17) is 13.0 Å². The molecule has 0 aliphatic carbocycles. The second-order valence-electron chi connectivity index (χ2n) is 5.15. The van der Waals surface area contributed by atoms with Crippen LogP contribution in [0.15, 0.2) is 24.3 Å². The van der Waals surface area contributed by atoms with Crippen LogP contribution in [-0.4, -0.2) is 44.1 Å². The number of benzene rings is 1. The predicted molar refractivity (Wildman–Crippen MR) is 94.1 cm³/mol. The number of hydrogen-bond donors (Lipinski definition) is 0. The third-order valence-corrected chi connectivity index (χ3v) is 3.27. The second-order valence-corrected chi connectivity index (χ2v) is 5.15. The maximum atomic E-state index is 11.5. The van der Waals surface area contributed by atoms with E-state index in [1.807, 2.05) is 13.8 Å². The highest BCUT2D eigenvalue weighted by Gasteiger charge is 2.06. The van der Waals surface area contributed by atoms with Crippen LogP contribution in [0.3, 0.4) is 0 Å². The lowest BCUT2D eigenvalue weighted by molar-refractivity contribution is 0.0600. The predicted octanol–water partition coefficient (Wildman–Crippen LogP) is 4.14. The van der Waals surface area contributed by atoms with Gasteiger partial charge in [-0.05, 0) is 56.6 Å². The van der Waals surface area contributed by atoms with Gasteiger partial charge in [-0.25, -0.2) is 4.79 Å². The summed E-state index contributed by atoms with van der Waals surface area (Å²) < 4.78 is 59.6. The molecule has 1 aromatic carbocycles. The Labute approximate surface area is 149 Å². The molecular weight excluding hydrogens is 290 g/mol. The van der Waals surface area contributed by atoms with Gasteiger partial charge in [0.15, 0.2) is 0 Å². The molecule has 0 aliphatic rings. The molecule has 1 aromatic rings. The number of ether oxygens (including phenoxy) is 2. The van der Waals surface area contributed by atoms with E-state index in [1.54, 1.807) is 0 Å². The third-order valence-electron chi connectivity index (χ3n) is 3.27. The first-order chi connectivity index (χ1) is 13.4. The molecule has 0 saturated carbocycles. The topological polar surface area (TPSA) is 38.8 Å². The van der Waals surface area contributed by atoms with Crippen molar-refractivity contribution in [2.24, 2.45) is 0 Å². The molecule has 0 radical (unpaired) electrons. The van der Waals surface area contributed by atoms with Crippen molar-refractivity contribution in [2.45, 2.75) is 45.9 Å². The van der Waals surface area contributed by atoms with E-state index in [0.717, 1.165) is 12.8 Å². The van der Waals surface area contributed by atoms with E-state index in [-0.39, 0.29) is 11.3 Å². The minimum absolute atomic E-state index is 0.0176. The molecule has 0 bridgehead atoms. The Hall–Kier alpha value is -1.55. The fraction of sp³-hybridized carbons (Fsp3) is 0.632. The summed E-state index contributed by atoms with van der Waals surface area (Å²) in [6.45, 7) is -0.974. The fourth-order valence-corrected chi connectivity index (χ4v) is 1.88. The van der Waals surface area contributed by atoms with Gasteiger partial charge in [0.2, 0.25) is 0 Å². The van der Waals surface area contributed by atoms with Gasteiger partial charge in [0.25, 0.3) is 0 Å². The van der Waals surface area contributed by atoms with Crippen LogP contribution in [-0.2, 0) is 4.74 Å². The zero-order valence-electron chi connectivity index (χ0n) is 20.2. The van der Waals surface area contributed by atoms with Gasteiger partial charge in [0, 0.05) is 12.0 Å². The molecule has 0 spiro atoms. The molecule has 0 amide bonds. The average Bonchev–Trinajstić information content (AvgIpc) is 2.67. The number of carbonyl (C=O) groups is 1. The van der Waals surface area contributed by atoms with E-state index in [1.165, 1.54) is 36.3 Å². The van der Waals surface area contributed by atoms with Gasteiger partial charge in [-0.1, -0.05) is 26.7 Å². The van der Waals surface area contributed by atoms with Crippen LogP contribution in [0.5, 0.6) is 5.75 Å². The van der Waals surface area contributed by atoms with Gasteiger partial charge >= 0.3 is 5.97 Å². The van der Waals surface area contributed by atoms with Gasteiger partial charge in [-0.2, -0.15) is 0 Å². The summed E-state index contributed by atoms with van der Waals surface area (Å²) in [5.74, 6) is -0.579. The molecule has 0 N–H and O–H groups in total. The third kappa shape index (κ3) is 8.03. The highest BCUT2D eigenvalue weighted by Crippen LogP contribution is 2.13. The summed E-state index contributed by atoms with van der Waals surface area (Å²) in [5.41, 5.74) is 0.240. The summed E-state index contributed by atoms with van der Waals surface area (Å²) in [7, 11) is 1.24. The maximum Gasteiger partial charge on any atom is 0.337 e. The van der Waals surface area contributed by atoms with Crippen molar-refractivity contribution in [1.29, 1.82) is 0 Å². The van der Waals surface area contributed by atoms with Crippen molar-refractivity contribution in [3.8, 4) is 5.75 Å². The fourth-order valence-electron chi connectivity index (χ4n) is 1.88. The summed E-state index contributed by atoms with van der Waals surface area (Å²) in [4.78, 5) is 12.9. The van der Waals surface area contributed by atoms with E-state index in [2.05, 4.69) is 4.74 Å². The van der Waals surface area contributed by atoms with Crippen molar-refractivity contribution in [3.05, 3.63) is 29.8 Å². The van der Waals surface area contributed by atoms with Gasteiger partial charge in [-0.3, -0.25) is 0 Å². The van der Waals surface area contributed by atoms with E-state index >= 15 is 0 Å². The Bertz CT molecular complexity index is 644. The Balaban J connectivity index is 3.09. The van der Waals surface area contributed by atoms with Gasteiger partial charge < -0.3 is 14.4 Å². The number of hydrogen-bond acceptors (Lipinski definition) is 4. The molecule has 0 fully saturated rings. The molecule has 23 heavy (non-hydrogen) atoms. The largest absolute Gasteiger partial charge is 0.494 e. The molecular formula is C19H31NO3. The van der Waals surface area contributed by atoms with Crippen molar-refractivity contribution < 1.29 is 22.5 Å². The van der Waals surface area contributed by atoms with Crippen LogP contribution >= 0.6 is 0 Å². The molecule has 4 nitrogen and oxygen atoms in total. The van der Waals surface area contributed by atoms with Crippen LogP contribution in [0.4, 0.5) is 0 Å². The van der Waals surface area contributed by atoms with Crippen LogP contribution in [0.1, 0.15) is 64.5 Å². The SMILES string of the molecule is [2H]C([2H])(Oc1ccc(C(=O)OC)cc1)C([2H])([2H])C([2H])([2H])N(CCCC)CCCC. The van der Waals surface area contributed by atoms with Crippen molar-refractivity contribution in [3.63, 3.8) is 0 Å². The summed E-state index contributed by atoms with van der Waals surface area (Å²) >= 11 is 0. The maximum absolute atomic E-state index is 11.5. The molecule has 0 unspecified atom stereocenters. The van der Waals surface area contributed by atoms with Crippen LogP contribution in [0, 0.1) is 0 Å². The lowest BCUT2D eigenvalue weighted by atomic mass is 10.2. The molecule has 0 saturated heterocycles. The number of carbonyl (C=O) groups excluding carboxylic acids is 1. The molecule has 0 atom stereocenters. The van der Waals surface area contributed by atoms with Gasteiger partial charge in [-0.15, -0.1) is 0 Å². The summed E-state index contributed by atoms with van der Waals surface area (Å²) in [6, 6.07) is 5.38. The summed E-state index contributed by atoms with van der Waals surface area (Å²) in [5, 5.41) is 0. The van der Waals surface area contributed by atoms with Crippen LogP contribution < -0.4 is 4.74 Å². The Morgan fingerprint density at radius 2 is 1.74 bits per heavy atom. The minimum atomic E-state index is -2.97. The molecule has 0 heterocycles. The number of nitrogens with zero attached hydrogens (tertiary/aromatic N) is 1. The van der Waals surface area contributed by atoms with Gasteiger partial charge in [0.1, 0.15) is 5.75 Å². The monoisotopic (exact) mass is 327 g/mol. The highest BCUT2D eigenvalue weighted by atomic mass is 16.5. The lowest BCUT2D eigenvalue weighted by Crippen LogP contribution is -2.28. The molecule has 4 heteroatoms. The second kappa shape index (κ2) is 11.9. The first kappa shape index (κ1) is 11.9. The zero-order chi connectivity index (χ0) is 22.3. The zero-order valence-corrected chi connectivity index (χ0v) is 14.2. The Morgan fingerprint density at radius 1 is 1.13 bits per heavy atom. The van der Waals surface area contributed by atoms with E-state index in [9.17, 15) is 4.79 Å². The molecule has 0 aromatic heterocycles. The summed E-state index contributed by atoms with van der Waals surface area (Å²) in [6.07, 6.45) is 0.0219. The number of rotatable bonds is 12. The van der Waals surface area contributed by atoms with Gasteiger partial charge in [0.05, 0.1) is 22.0 Å². The molecule has 1 rings (SSSR count). The normalized spacial score (nSPS) is 16.5. The number of methoxy groups -OCH3 is 1. The standard InChI is InChI=1S/C19H31NO3/c1-4-6-13-20(14-7-5-2)15-8-16-23-18-11-9-17(10-12-18)19(21)22-3/h9-12H,4-8,13-16H2,1-3H3/i8D2,15D2,16D2. The van der Waals surface area contributed by atoms with Crippen molar-refractivity contribution >= 4 is 5.97 Å². The van der Waals surface area contributed by atoms with Crippen LogP contribution in [0.2, 0.25) is 0 Å². The van der Waals surface area contributed by atoms with Crippen LogP contribution in [0.25, 0.3) is 0 Å². The van der Waals surface area contributed by atoms with Crippen molar-refractivity contribution in [2.75, 3.05) is 33.3 Å².